The molecule has 0 radical (unpaired) electrons. The van der Waals surface area contributed by atoms with Gasteiger partial charge in [-0.05, 0) is 41.9 Å². The maximum Gasteiger partial charge on any atom is 0.222 e. The Morgan fingerprint density at radius 3 is 2.62 bits per heavy atom. The van der Waals surface area contributed by atoms with Gasteiger partial charge in [-0.2, -0.15) is 0 Å². The number of amides is 1. The van der Waals surface area contributed by atoms with E-state index < -0.39 is 0 Å². The van der Waals surface area contributed by atoms with E-state index >= 15 is 0 Å². The molecule has 24 heavy (non-hydrogen) atoms. The second-order valence-corrected chi connectivity index (χ2v) is 6.14. The van der Waals surface area contributed by atoms with Gasteiger partial charge in [0.05, 0.1) is 0 Å². The Morgan fingerprint density at radius 2 is 1.92 bits per heavy atom. The third-order valence-electron chi connectivity index (χ3n) is 4.03. The number of anilines is 1. The van der Waals surface area contributed by atoms with Crippen molar-refractivity contribution in [1.29, 1.82) is 0 Å². The Bertz CT molecular complexity index is 720. The summed E-state index contributed by atoms with van der Waals surface area (Å²) in [7, 11) is 0. The molecule has 1 amide bonds. The summed E-state index contributed by atoms with van der Waals surface area (Å²) in [6.07, 6.45) is 5.06. The number of aromatic nitrogens is 1. The van der Waals surface area contributed by atoms with Crippen molar-refractivity contribution in [3.63, 3.8) is 0 Å². The molecular formula is C18H20N4OS. The zero-order chi connectivity index (χ0) is 16.8. The summed E-state index contributed by atoms with van der Waals surface area (Å²) in [5.74, 6) is 0.243. The van der Waals surface area contributed by atoms with Gasteiger partial charge in [0.15, 0.2) is 5.11 Å². The van der Waals surface area contributed by atoms with Gasteiger partial charge < -0.3 is 15.5 Å². The molecule has 2 N–H and O–H groups in total. The highest BCUT2D eigenvalue weighted by Gasteiger charge is 2.20. The number of pyridine rings is 1. The van der Waals surface area contributed by atoms with Gasteiger partial charge in [-0.25, -0.2) is 0 Å². The molecule has 3 rings (SSSR count). The van der Waals surface area contributed by atoms with E-state index in [0.717, 1.165) is 29.8 Å². The maximum absolute atomic E-state index is 11.8. The topological polar surface area (TPSA) is 57.3 Å². The first-order valence-electron chi connectivity index (χ1n) is 8.02. The highest BCUT2D eigenvalue weighted by Crippen LogP contribution is 2.17. The summed E-state index contributed by atoms with van der Waals surface area (Å²) in [5, 5.41) is 6.91. The number of carbonyl (C=O) groups is 1. The van der Waals surface area contributed by atoms with Crippen LogP contribution in [0.1, 0.15) is 24.0 Å². The van der Waals surface area contributed by atoms with E-state index in [1.807, 2.05) is 29.2 Å². The van der Waals surface area contributed by atoms with Crippen LogP contribution in [0, 0.1) is 0 Å². The maximum atomic E-state index is 11.8. The van der Waals surface area contributed by atoms with Gasteiger partial charge in [-0.15, -0.1) is 0 Å². The summed E-state index contributed by atoms with van der Waals surface area (Å²) in [6.45, 7) is 2.14. The summed E-state index contributed by atoms with van der Waals surface area (Å²) in [5.41, 5.74) is 3.21. The second-order valence-electron chi connectivity index (χ2n) is 5.73. The van der Waals surface area contributed by atoms with Gasteiger partial charge >= 0.3 is 0 Å². The number of thiocarbonyl (C=S) groups is 1. The Balaban J connectivity index is 1.58. The Hall–Kier alpha value is -2.47. The number of carbonyl (C=O) groups excluding carboxylic acids is 1. The molecule has 6 heteroatoms. The lowest BCUT2D eigenvalue weighted by atomic mass is 10.1. The van der Waals surface area contributed by atoms with Gasteiger partial charge in [0.1, 0.15) is 0 Å². The van der Waals surface area contributed by atoms with Crippen LogP contribution in [-0.2, 0) is 17.9 Å². The molecular weight excluding hydrogens is 320 g/mol. The molecule has 1 aromatic heterocycles. The van der Waals surface area contributed by atoms with Crippen LogP contribution in [0.4, 0.5) is 5.69 Å². The second kappa shape index (κ2) is 7.88. The normalized spacial score (nSPS) is 13.8. The molecule has 2 heterocycles. The number of nitrogens with one attached hydrogen (secondary N) is 2. The fraction of sp³-hybridized carbons (Fsp3) is 0.278. The van der Waals surface area contributed by atoms with Crippen molar-refractivity contribution in [3.05, 3.63) is 59.9 Å². The lowest BCUT2D eigenvalue weighted by Crippen LogP contribution is -2.29. The fourth-order valence-corrected chi connectivity index (χ4v) is 2.94. The number of rotatable bonds is 5. The van der Waals surface area contributed by atoms with E-state index in [9.17, 15) is 4.79 Å². The predicted molar refractivity (Wildman–Crippen MR) is 98.4 cm³/mol. The lowest BCUT2D eigenvalue weighted by molar-refractivity contribution is -0.128. The van der Waals surface area contributed by atoms with Gasteiger partial charge in [0.25, 0.3) is 0 Å². The quantitative estimate of drug-likeness (QED) is 0.820. The number of benzene rings is 1. The van der Waals surface area contributed by atoms with Crippen molar-refractivity contribution < 1.29 is 4.79 Å². The molecule has 0 unspecified atom stereocenters. The summed E-state index contributed by atoms with van der Waals surface area (Å²) >= 11 is 5.33. The summed E-state index contributed by atoms with van der Waals surface area (Å²) in [4.78, 5) is 17.7. The largest absolute Gasteiger partial charge is 0.358 e. The van der Waals surface area contributed by atoms with Crippen molar-refractivity contribution in [2.75, 3.05) is 11.9 Å². The standard InChI is InChI=1S/C18H20N4OS/c23-17-6-3-11-22(17)13-15-5-2-1-4-14(15)12-20-18(24)21-16-7-9-19-10-8-16/h1-2,4-5,7-10H,3,6,11-13H2,(H2,19,20,21,24). The van der Waals surface area contributed by atoms with Crippen molar-refractivity contribution >= 4 is 28.9 Å². The van der Waals surface area contributed by atoms with Crippen LogP contribution < -0.4 is 10.6 Å². The van der Waals surface area contributed by atoms with E-state index in [1.54, 1.807) is 12.4 Å². The van der Waals surface area contributed by atoms with Crippen molar-refractivity contribution in [1.82, 2.24) is 15.2 Å². The van der Waals surface area contributed by atoms with Crippen LogP contribution in [0.15, 0.2) is 48.8 Å². The minimum absolute atomic E-state index is 0.243. The Morgan fingerprint density at radius 1 is 1.17 bits per heavy atom. The number of hydrogen-bond acceptors (Lipinski definition) is 3. The first-order chi connectivity index (χ1) is 11.7. The van der Waals surface area contributed by atoms with Gasteiger partial charge in [-0.1, -0.05) is 24.3 Å². The van der Waals surface area contributed by atoms with Crippen LogP contribution in [-0.4, -0.2) is 27.4 Å². The summed E-state index contributed by atoms with van der Waals surface area (Å²) in [6, 6.07) is 11.9. The molecule has 1 fully saturated rings. The molecule has 1 aliphatic heterocycles. The van der Waals surface area contributed by atoms with Crippen LogP contribution in [0.3, 0.4) is 0 Å². The third kappa shape index (κ3) is 4.29. The monoisotopic (exact) mass is 340 g/mol. The van der Waals surface area contributed by atoms with E-state index in [4.69, 9.17) is 12.2 Å². The van der Waals surface area contributed by atoms with E-state index in [1.165, 1.54) is 0 Å². The number of hydrogen-bond donors (Lipinski definition) is 2. The predicted octanol–water partition coefficient (Wildman–Crippen LogP) is 2.69. The molecule has 1 aromatic carbocycles. The van der Waals surface area contributed by atoms with Crippen molar-refractivity contribution in [2.24, 2.45) is 0 Å². The molecule has 0 atom stereocenters. The SMILES string of the molecule is O=C1CCCN1Cc1ccccc1CNC(=S)Nc1ccncc1. The fourth-order valence-electron chi connectivity index (χ4n) is 2.75. The first-order valence-corrected chi connectivity index (χ1v) is 8.42. The van der Waals surface area contributed by atoms with Gasteiger partial charge in [-0.3, -0.25) is 9.78 Å². The molecule has 2 aromatic rings. The summed E-state index contributed by atoms with van der Waals surface area (Å²) < 4.78 is 0. The lowest BCUT2D eigenvalue weighted by Gasteiger charge is -2.19. The highest BCUT2D eigenvalue weighted by molar-refractivity contribution is 7.80. The highest BCUT2D eigenvalue weighted by atomic mass is 32.1. The third-order valence-corrected chi connectivity index (χ3v) is 4.27. The van der Waals surface area contributed by atoms with Gasteiger partial charge in [0.2, 0.25) is 5.91 Å². The Labute approximate surface area is 147 Å². The Kier molecular flexibility index (Phi) is 5.38. The molecule has 0 spiro atoms. The molecule has 5 nitrogen and oxygen atoms in total. The minimum Gasteiger partial charge on any atom is -0.358 e. The van der Waals surface area contributed by atoms with Crippen LogP contribution >= 0.6 is 12.2 Å². The van der Waals surface area contributed by atoms with E-state index in [2.05, 4.69) is 27.8 Å². The first kappa shape index (κ1) is 16.4. The molecule has 1 saturated heterocycles. The molecule has 0 bridgehead atoms. The number of likely N-dealkylation sites (tertiary alicyclic amines) is 1. The molecule has 1 aliphatic rings. The molecule has 0 aliphatic carbocycles. The van der Waals surface area contributed by atoms with Crippen LogP contribution in [0.5, 0.6) is 0 Å². The van der Waals surface area contributed by atoms with Crippen molar-refractivity contribution in [2.45, 2.75) is 25.9 Å². The average molecular weight is 340 g/mol. The molecule has 124 valence electrons. The van der Waals surface area contributed by atoms with Crippen LogP contribution in [0.25, 0.3) is 0 Å². The molecule has 0 saturated carbocycles. The smallest absolute Gasteiger partial charge is 0.222 e. The van der Waals surface area contributed by atoms with E-state index in [0.29, 0.717) is 24.6 Å². The van der Waals surface area contributed by atoms with Crippen molar-refractivity contribution in [3.8, 4) is 0 Å². The number of nitrogens with zero attached hydrogens (tertiary/aromatic N) is 2. The van der Waals surface area contributed by atoms with Crippen LogP contribution in [0.2, 0.25) is 0 Å². The van der Waals surface area contributed by atoms with Gasteiger partial charge in [0, 0.05) is 44.1 Å². The minimum atomic E-state index is 0.243. The zero-order valence-corrected chi connectivity index (χ0v) is 14.2. The average Bonchev–Trinajstić information content (AvgIpc) is 3.00. The van der Waals surface area contributed by atoms with E-state index in [-0.39, 0.29) is 5.91 Å². The zero-order valence-electron chi connectivity index (χ0n) is 13.4.